The van der Waals surface area contributed by atoms with Gasteiger partial charge in [-0.25, -0.2) is 0 Å². The Morgan fingerprint density at radius 1 is 1.17 bits per heavy atom. The predicted octanol–water partition coefficient (Wildman–Crippen LogP) is 3.04. The van der Waals surface area contributed by atoms with E-state index in [1.165, 1.54) is 23.1 Å². The molecule has 0 saturated carbocycles. The van der Waals surface area contributed by atoms with Gasteiger partial charge in [0.05, 0.1) is 12.6 Å². The standard InChI is InChI=1S/C23H30N2O4S/c1-17-5-7-18(8-6-17)23-19-10-14-30-20(19)9-12-25(23)21(26)15-24(11-4-13-28-2)22(27)16-29-3/h5-8,10,14,23H,4,9,11-13,15-16H2,1-3H3. The predicted molar refractivity (Wildman–Crippen MR) is 118 cm³/mol. The third-order valence-electron chi connectivity index (χ3n) is 5.40. The van der Waals surface area contributed by atoms with Crippen LogP contribution in [0, 0.1) is 6.92 Å². The number of hydrogen-bond acceptors (Lipinski definition) is 5. The summed E-state index contributed by atoms with van der Waals surface area (Å²) >= 11 is 1.75. The third-order valence-corrected chi connectivity index (χ3v) is 6.40. The zero-order valence-corrected chi connectivity index (χ0v) is 18.7. The van der Waals surface area contributed by atoms with Gasteiger partial charge in [-0.3, -0.25) is 9.59 Å². The van der Waals surface area contributed by atoms with E-state index >= 15 is 0 Å². The summed E-state index contributed by atoms with van der Waals surface area (Å²) in [5.74, 6) is -0.221. The molecule has 0 saturated heterocycles. The number of carbonyl (C=O) groups is 2. The Bertz CT molecular complexity index is 849. The normalized spacial score (nSPS) is 15.7. The molecule has 2 amide bonds. The minimum Gasteiger partial charge on any atom is -0.385 e. The zero-order chi connectivity index (χ0) is 21.5. The number of amides is 2. The van der Waals surface area contributed by atoms with Crippen LogP contribution >= 0.6 is 11.3 Å². The first-order valence-corrected chi connectivity index (χ1v) is 11.1. The number of aryl methyl sites for hydroxylation is 1. The van der Waals surface area contributed by atoms with E-state index in [-0.39, 0.29) is 31.0 Å². The molecule has 0 N–H and O–H groups in total. The molecule has 2 aromatic rings. The van der Waals surface area contributed by atoms with Crippen molar-refractivity contribution in [3.63, 3.8) is 0 Å². The molecule has 0 bridgehead atoms. The number of nitrogens with zero attached hydrogens (tertiary/aromatic N) is 2. The lowest BCUT2D eigenvalue weighted by Gasteiger charge is -2.37. The maximum atomic E-state index is 13.4. The highest BCUT2D eigenvalue weighted by molar-refractivity contribution is 7.10. The molecule has 0 aliphatic carbocycles. The van der Waals surface area contributed by atoms with Crippen molar-refractivity contribution >= 4 is 23.2 Å². The van der Waals surface area contributed by atoms with Crippen LogP contribution in [0.5, 0.6) is 0 Å². The van der Waals surface area contributed by atoms with Gasteiger partial charge in [-0.15, -0.1) is 11.3 Å². The van der Waals surface area contributed by atoms with Gasteiger partial charge in [-0.2, -0.15) is 0 Å². The number of methoxy groups -OCH3 is 2. The average Bonchev–Trinajstić information content (AvgIpc) is 3.22. The highest BCUT2D eigenvalue weighted by Gasteiger charge is 2.33. The summed E-state index contributed by atoms with van der Waals surface area (Å²) in [6.07, 6.45) is 1.52. The first-order chi connectivity index (χ1) is 14.5. The van der Waals surface area contributed by atoms with Crippen molar-refractivity contribution in [2.75, 3.05) is 47.1 Å². The van der Waals surface area contributed by atoms with Crippen molar-refractivity contribution in [2.45, 2.75) is 25.8 Å². The van der Waals surface area contributed by atoms with Crippen LogP contribution in [0.1, 0.15) is 34.0 Å². The first-order valence-electron chi connectivity index (χ1n) is 10.2. The Morgan fingerprint density at radius 3 is 2.63 bits per heavy atom. The second-order valence-corrected chi connectivity index (χ2v) is 8.54. The van der Waals surface area contributed by atoms with Crippen molar-refractivity contribution in [2.24, 2.45) is 0 Å². The van der Waals surface area contributed by atoms with E-state index in [1.54, 1.807) is 23.3 Å². The Morgan fingerprint density at radius 2 is 1.93 bits per heavy atom. The number of carbonyl (C=O) groups excluding carboxylic acids is 2. The number of thiophene rings is 1. The summed E-state index contributed by atoms with van der Waals surface area (Å²) in [4.78, 5) is 30.7. The molecule has 7 heteroatoms. The summed E-state index contributed by atoms with van der Waals surface area (Å²) in [5, 5.41) is 2.10. The van der Waals surface area contributed by atoms with Crippen molar-refractivity contribution < 1.29 is 19.1 Å². The van der Waals surface area contributed by atoms with Crippen LogP contribution < -0.4 is 0 Å². The van der Waals surface area contributed by atoms with Gasteiger partial charge in [-0.05, 0) is 42.3 Å². The van der Waals surface area contributed by atoms with E-state index in [9.17, 15) is 9.59 Å². The molecule has 0 fully saturated rings. The summed E-state index contributed by atoms with van der Waals surface area (Å²) in [6, 6.07) is 10.4. The number of benzene rings is 1. The van der Waals surface area contributed by atoms with E-state index in [1.807, 2.05) is 4.90 Å². The lowest BCUT2D eigenvalue weighted by atomic mass is 9.92. The number of rotatable bonds is 9. The van der Waals surface area contributed by atoms with E-state index in [0.29, 0.717) is 26.1 Å². The van der Waals surface area contributed by atoms with Crippen LogP contribution in [0.15, 0.2) is 35.7 Å². The maximum Gasteiger partial charge on any atom is 0.249 e. The van der Waals surface area contributed by atoms with Crippen LogP contribution in [0.3, 0.4) is 0 Å². The molecule has 2 heterocycles. The fourth-order valence-corrected chi connectivity index (χ4v) is 4.76. The van der Waals surface area contributed by atoms with Crippen molar-refractivity contribution in [1.29, 1.82) is 0 Å². The minimum atomic E-state index is -0.179. The van der Waals surface area contributed by atoms with Gasteiger partial charge in [0.25, 0.3) is 0 Å². The molecular weight excluding hydrogens is 400 g/mol. The van der Waals surface area contributed by atoms with Gasteiger partial charge >= 0.3 is 0 Å². The van der Waals surface area contributed by atoms with Gasteiger partial charge in [0, 0.05) is 38.8 Å². The van der Waals surface area contributed by atoms with Crippen LogP contribution in [0.2, 0.25) is 0 Å². The Balaban J connectivity index is 1.82. The Kier molecular flexibility index (Phi) is 8.01. The van der Waals surface area contributed by atoms with Gasteiger partial charge in [0.2, 0.25) is 11.8 Å². The Hall–Kier alpha value is -2.22. The van der Waals surface area contributed by atoms with Crippen LogP contribution in [0.4, 0.5) is 0 Å². The summed E-state index contributed by atoms with van der Waals surface area (Å²) in [6.45, 7) is 3.73. The lowest BCUT2D eigenvalue weighted by Crippen LogP contribution is -2.47. The molecule has 1 aromatic carbocycles. The smallest absolute Gasteiger partial charge is 0.249 e. The summed E-state index contributed by atoms with van der Waals surface area (Å²) in [7, 11) is 3.12. The fourth-order valence-electron chi connectivity index (χ4n) is 3.85. The molecule has 3 rings (SSSR count). The van der Waals surface area contributed by atoms with E-state index < -0.39 is 0 Å². The molecule has 1 unspecified atom stereocenters. The molecule has 6 nitrogen and oxygen atoms in total. The first kappa shape index (κ1) is 22.5. The zero-order valence-electron chi connectivity index (χ0n) is 17.9. The molecule has 1 atom stereocenters. The number of hydrogen-bond donors (Lipinski definition) is 0. The highest BCUT2D eigenvalue weighted by atomic mass is 32.1. The second kappa shape index (κ2) is 10.7. The van der Waals surface area contributed by atoms with Gasteiger partial charge in [0.1, 0.15) is 6.61 Å². The van der Waals surface area contributed by atoms with Crippen molar-refractivity contribution in [3.05, 3.63) is 57.3 Å². The van der Waals surface area contributed by atoms with Gasteiger partial charge in [0.15, 0.2) is 0 Å². The lowest BCUT2D eigenvalue weighted by molar-refractivity contribution is -0.143. The third kappa shape index (κ3) is 5.28. The quantitative estimate of drug-likeness (QED) is 0.574. The molecule has 0 spiro atoms. The number of ether oxygens (including phenoxy) is 2. The number of fused-ring (bicyclic) bond motifs is 1. The fraction of sp³-hybridized carbons (Fsp3) is 0.478. The van der Waals surface area contributed by atoms with E-state index in [2.05, 4.69) is 42.6 Å². The van der Waals surface area contributed by atoms with Crippen molar-refractivity contribution in [3.8, 4) is 0 Å². The topological polar surface area (TPSA) is 59.1 Å². The van der Waals surface area contributed by atoms with E-state index in [4.69, 9.17) is 9.47 Å². The van der Waals surface area contributed by atoms with E-state index in [0.717, 1.165) is 12.0 Å². The average molecular weight is 431 g/mol. The van der Waals surface area contributed by atoms with Gasteiger partial charge in [-0.1, -0.05) is 29.8 Å². The summed E-state index contributed by atoms with van der Waals surface area (Å²) in [5.41, 5.74) is 3.48. The van der Waals surface area contributed by atoms with Crippen molar-refractivity contribution in [1.82, 2.24) is 9.80 Å². The minimum absolute atomic E-state index is 0.0314. The van der Waals surface area contributed by atoms with Crippen LogP contribution in [0.25, 0.3) is 0 Å². The van der Waals surface area contributed by atoms with Crippen LogP contribution in [-0.4, -0.2) is 68.7 Å². The monoisotopic (exact) mass is 430 g/mol. The molecule has 0 radical (unpaired) electrons. The van der Waals surface area contributed by atoms with Gasteiger partial charge < -0.3 is 19.3 Å². The SMILES string of the molecule is COCCCN(CC(=O)N1CCc2sccc2C1c1ccc(C)cc1)C(=O)COC. The van der Waals surface area contributed by atoms with Crippen LogP contribution in [-0.2, 0) is 25.5 Å². The molecule has 1 aromatic heterocycles. The Labute approximate surface area is 182 Å². The summed E-state index contributed by atoms with van der Waals surface area (Å²) < 4.78 is 10.1. The largest absolute Gasteiger partial charge is 0.385 e. The maximum absolute atomic E-state index is 13.4. The molecule has 30 heavy (non-hydrogen) atoms. The second-order valence-electron chi connectivity index (χ2n) is 7.54. The molecule has 1 aliphatic rings. The molecular formula is C23H30N2O4S. The molecule has 1 aliphatic heterocycles. The highest BCUT2D eigenvalue weighted by Crippen LogP contribution is 2.37. The molecule has 162 valence electrons.